The van der Waals surface area contributed by atoms with E-state index in [1.807, 2.05) is 12.1 Å². The summed E-state index contributed by atoms with van der Waals surface area (Å²) in [5.41, 5.74) is 2.64. The molecule has 0 unspecified atom stereocenters. The second-order valence-electron chi connectivity index (χ2n) is 5.07. The third-order valence-electron chi connectivity index (χ3n) is 3.32. The molecule has 2 aromatic rings. The topological polar surface area (TPSA) is 64.3 Å². The maximum atomic E-state index is 11.0. The fourth-order valence-corrected chi connectivity index (χ4v) is 3.01. The van der Waals surface area contributed by atoms with Crippen molar-refractivity contribution in [2.75, 3.05) is 7.11 Å². The van der Waals surface area contributed by atoms with Crippen LogP contribution in [0.2, 0.25) is 0 Å². The van der Waals surface area contributed by atoms with E-state index in [2.05, 4.69) is 34.9 Å². The van der Waals surface area contributed by atoms with Gasteiger partial charge in [-0.15, -0.1) is 0 Å². The van der Waals surface area contributed by atoms with Crippen LogP contribution in [0.3, 0.4) is 0 Å². The molecule has 0 saturated heterocycles. The van der Waals surface area contributed by atoms with Crippen LogP contribution in [0, 0.1) is 0 Å². The van der Waals surface area contributed by atoms with Crippen LogP contribution in [0.15, 0.2) is 22.7 Å². The van der Waals surface area contributed by atoms with Crippen LogP contribution in [0.1, 0.15) is 35.8 Å². The molecule has 0 amide bonds. The van der Waals surface area contributed by atoms with Crippen LogP contribution in [-0.2, 0) is 7.05 Å². The van der Waals surface area contributed by atoms with Gasteiger partial charge in [-0.2, -0.15) is 5.10 Å². The first kappa shape index (κ1) is 15.6. The average molecular weight is 353 g/mol. The molecule has 0 atom stereocenters. The summed E-state index contributed by atoms with van der Waals surface area (Å²) in [6.07, 6.45) is 0. The van der Waals surface area contributed by atoms with Crippen LogP contribution in [-0.4, -0.2) is 28.0 Å². The van der Waals surface area contributed by atoms with Crippen molar-refractivity contribution in [3.05, 3.63) is 33.9 Å². The van der Waals surface area contributed by atoms with E-state index < -0.39 is 5.97 Å². The third-order valence-corrected chi connectivity index (χ3v) is 4.00. The van der Waals surface area contributed by atoms with Gasteiger partial charge in [0, 0.05) is 17.1 Å². The molecule has 0 aliphatic carbocycles. The number of aryl methyl sites for hydroxylation is 1. The molecule has 1 aromatic carbocycles. The summed E-state index contributed by atoms with van der Waals surface area (Å²) in [4.78, 5) is 11.0. The van der Waals surface area contributed by atoms with Crippen molar-refractivity contribution in [2.24, 2.45) is 7.05 Å². The minimum Gasteiger partial charge on any atom is -0.496 e. The molecule has 0 saturated carbocycles. The van der Waals surface area contributed by atoms with Gasteiger partial charge >= 0.3 is 5.97 Å². The summed E-state index contributed by atoms with van der Waals surface area (Å²) in [6, 6.07) is 5.45. The first-order valence-electron chi connectivity index (χ1n) is 6.50. The molecular formula is C15H17BrN2O3. The molecule has 0 aliphatic rings. The summed E-state index contributed by atoms with van der Waals surface area (Å²) in [7, 11) is 3.32. The Balaban J connectivity index is 2.63. The number of methoxy groups -OCH3 is 1. The van der Waals surface area contributed by atoms with Gasteiger partial charge in [0.1, 0.15) is 5.75 Å². The van der Waals surface area contributed by atoms with Crippen LogP contribution in [0.5, 0.6) is 5.75 Å². The highest BCUT2D eigenvalue weighted by atomic mass is 79.9. The number of nitrogens with zero attached hydrogens (tertiary/aromatic N) is 2. The largest absolute Gasteiger partial charge is 0.496 e. The average Bonchev–Trinajstić information content (AvgIpc) is 2.80. The van der Waals surface area contributed by atoms with Gasteiger partial charge in [0.2, 0.25) is 0 Å². The highest BCUT2D eigenvalue weighted by Crippen LogP contribution is 2.37. The Bertz CT molecular complexity index is 692. The smallest absolute Gasteiger partial charge is 0.356 e. The van der Waals surface area contributed by atoms with Crippen molar-refractivity contribution in [1.82, 2.24) is 9.78 Å². The van der Waals surface area contributed by atoms with Gasteiger partial charge in [-0.25, -0.2) is 4.79 Å². The first-order valence-corrected chi connectivity index (χ1v) is 7.29. The lowest BCUT2D eigenvalue weighted by molar-refractivity contribution is 0.0689. The molecular weight excluding hydrogens is 336 g/mol. The number of carbonyl (C=O) groups is 1. The Morgan fingerprint density at radius 1 is 1.38 bits per heavy atom. The van der Waals surface area contributed by atoms with E-state index in [1.54, 1.807) is 24.9 Å². The lowest BCUT2D eigenvalue weighted by atomic mass is 9.99. The number of hydrogen-bond acceptors (Lipinski definition) is 3. The van der Waals surface area contributed by atoms with Crippen molar-refractivity contribution in [3.63, 3.8) is 0 Å². The number of aromatic carboxylic acids is 1. The maximum absolute atomic E-state index is 11.0. The normalized spacial score (nSPS) is 11.0. The quantitative estimate of drug-likeness (QED) is 0.911. The number of benzene rings is 1. The van der Waals surface area contributed by atoms with E-state index in [9.17, 15) is 4.79 Å². The molecule has 0 radical (unpaired) electrons. The minimum atomic E-state index is -1.05. The Labute approximate surface area is 131 Å². The highest BCUT2D eigenvalue weighted by molar-refractivity contribution is 9.10. The lowest BCUT2D eigenvalue weighted by Gasteiger charge is -2.15. The third kappa shape index (κ3) is 2.95. The fraction of sp³-hybridized carbons (Fsp3) is 0.333. The standard InChI is InChI=1S/C15H17BrN2O3/c1-8(2)9-6-14(21-4)10(5-11(9)16)13-7-12(15(19)20)17-18(13)3/h5-8H,1-4H3,(H,19,20). The molecule has 0 bridgehead atoms. The fourth-order valence-electron chi connectivity index (χ4n) is 2.20. The summed E-state index contributed by atoms with van der Waals surface area (Å²) >= 11 is 3.57. The van der Waals surface area contributed by atoms with Gasteiger partial charge in [0.25, 0.3) is 0 Å². The Morgan fingerprint density at radius 2 is 2.05 bits per heavy atom. The van der Waals surface area contributed by atoms with Gasteiger partial charge in [-0.05, 0) is 29.7 Å². The van der Waals surface area contributed by atoms with E-state index >= 15 is 0 Å². The highest BCUT2D eigenvalue weighted by Gasteiger charge is 2.18. The molecule has 5 nitrogen and oxygen atoms in total. The van der Waals surface area contributed by atoms with E-state index in [0.717, 1.165) is 15.6 Å². The zero-order chi connectivity index (χ0) is 15.7. The van der Waals surface area contributed by atoms with E-state index in [4.69, 9.17) is 9.84 Å². The van der Waals surface area contributed by atoms with Gasteiger partial charge in [-0.3, -0.25) is 4.68 Å². The summed E-state index contributed by atoms with van der Waals surface area (Å²) in [6.45, 7) is 4.21. The van der Waals surface area contributed by atoms with Crippen LogP contribution < -0.4 is 4.74 Å². The number of rotatable bonds is 4. The summed E-state index contributed by atoms with van der Waals surface area (Å²) in [5, 5.41) is 13.0. The summed E-state index contributed by atoms with van der Waals surface area (Å²) in [5.74, 6) is -0.000959. The van der Waals surface area contributed by atoms with Crippen molar-refractivity contribution in [3.8, 4) is 17.0 Å². The molecule has 6 heteroatoms. The second-order valence-corrected chi connectivity index (χ2v) is 5.93. The van der Waals surface area contributed by atoms with Crippen LogP contribution in [0.25, 0.3) is 11.3 Å². The van der Waals surface area contributed by atoms with Crippen molar-refractivity contribution in [2.45, 2.75) is 19.8 Å². The monoisotopic (exact) mass is 352 g/mol. The van der Waals surface area contributed by atoms with Gasteiger partial charge in [-0.1, -0.05) is 29.8 Å². The first-order chi connectivity index (χ1) is 9.85. The molecule has 2 rings (SSSR count). The molecule has 112 valence electrons. The second kappa shape index (κ2) is 5.89. The number of aromatic nitrogens is 2. The lowest BCUT2D eigenvalue weighted by Crippen LogP contribution is -2.00. The zero-order valence-corrected chi connectivity index (χ0v) is 13.9. The number of ether oxygens (including phenoxy) is 1. The Morgan fingerprint density at radius 3 is 2.52 bits per heavy atom. The molecule has 21 heavy (non-hydrogen) atoms. The number of carboxylic acids is 1. The van der Waals surface area contributed by atoms with Crippen LogP contribution >= 0.6 is 15.9 Å². The van der Waals surface area contributed by atoms with E-state index in [-0.39, 0.29) is 5.69 Å². The maximum Gasteiger partial charge on any atom is 0.356 e. The van der Waals surface area contributed by atoms with E-state index in [1.165, 1.54) is 0 Å². The Hall–Kier alpha value is -1.82. The number of carboxylic acid groups (broad SMARTS) is 1. The predicted molar refractivity (Wildman–Crippen MR) is 83.9 cm³/mol. The molecule has 0 aliphatic heterocycles. The summed E-state index contributed by atoms with van der Waals surface area (Å²) < 4.78 is 7.97. The zero-order valence-electron chi connectivity index (χ0n) is 12.3. The van der Waals surface area contributed by atoms with Crippen molar-refractivity contribution < 1.29 is 14.6 Å². The SMILES string of the molecule is COc1cc(C(C)C)c(Br)cc1-c1cc(C(=O)O)nn1C. The molecule has 1 aromatic heterocycles. The van der Waals surface area contributed by atoms with Gasteiger partial charge < -0.3 is 9.84 Å². The van der Waals surface area contributed by atoms with Crippen LogP contribution in [0.4, 0.5) is 0 Å². The number of halogens is 1. The van der Waals surface area contributed by atoms with Crippen molar-refractivity contribution >= 4 is 21.9 Å². The van der Waals surface area contributed by atoms with E-state index in [0.29, 0.717) is 17.4 Å². The van der Waals surface area contributed by atoms with Gasteiger partial charge in [0.15, 0.2) is 5.69 Å². The van der Waals surface area contributed by atoms with Gasteiger partial charge in [0.05, 0.1) is 12.8 Å². The van der Waals surface area contributed by atoms with Crippen molar-refractivity contribution in [1.29, 1.82) is 0 Å². The molecule has 1 N–H and O–H groups in total. The number of hydrogen-bond donors (Lipinski definition) is 1. The molecule has 0 fully saturated rings. The Kier molecular flexibility index (Phi) is 4.37. The minimum absolute atomic E-state index is 0.0126. The molecule has 0 spiro atoms. The predicted octanol–water partition coefficient (Wildman–Crippen LogP) is 3.68. The molecule has 1 heterocycles.